The molecule has 2 aromatic carbocycles. The van der Waals surface area contributed by atoms with E-state index < -0.39 is 6.09 Å². The van der Waals surface area contributed by atoms with Crippen molar-refractivity contribution in [3.05, 3.63) is 41.5 Å². The summed E-state index contributed by atoms with van der Waals surface area (Å²) in [6, 6.07) is 8.98. The molecule has 168 valence electrons. The molecular weight excluding hydrogens is 400 g/mol. The number of carbonyl (C=O) groups excluding carboxylic acids is 1. The summed E-state index contributed by atoms with van der Waals surface area (Å²) in [6.45, 7) is 0.800. The van der Waals surface area contributed by atoms with Crippen LogP contribution in [-0.2, 0) is 0 Å². The molecule has 2 rings (SSSR count). The van der Waals surface area contributed by atoms with E-state index in [1.807, 2.05) is 49.3 Å². The van der Waals surface area contributed by atoms with Crippen molar-refractivity contribution in [2.24, 2.45) is 0 Å². The monoisotopic (exact) mass is 429 g/mol. The third-order valence-corrected chi connectivity index (χ3v) is 4.64. The first kappa shape index (κ1) is 23.9. The van der Waals surface area contributed by atoms with E-state index in [2.05, 4.69) is 0 Å². The fourth-order valence-corrected chi connectivity index (χ4v) is 3.02. The second-order valence-electron chi connectivity index (χ2n) is 6.94. The minimum absolute atomic E-state index is 0.256. The van der Waals surface area contributed by atoms with Gasteiger partial charge in [-0.3, -0.25) is 0 Å². The molecule has 0 spiro atoms. The number of nitrogens with zero attached hydrogens (tertiary/aromatic N) is 2. The number of carboxylic acid groups (broad SMARTS) is 1. The van der Waals surface area contributed by atoms with Crippen LogP contribution in [-0.4, -0.2) is 66.6 Å². The Labute approximate surface area is 183 Å². The highest BCUT2D eigenvalue weighted by Crippen LogP contribution is 2.38. The van der Waals surface area contributed by atoms with Crippen LogP contribution >= 0.6 is 0 Å². The van der Waals surface area contributed by atoms with Gasteiger partial charge < -0.3 is 38.6 Å². The van der Waals surface area contributed by atoms with Crippen LogP contribution in [0.4, 0.5) is 10.5 Å². The quantitative estimate of drug-likeness (QED) is 0.537. The molecule has 0 fully saturated rings. The fraction of sp³-hybridized carbons (Fsp3) is 0.348. The van der Waals surface area contributed by atoms with Gasteiger partial charge in [0.25, 0.3) is 0 Å². The number of ether oxygens (including phenoxy) is 4. The predicted octanol–water partition coefficient (Wildman–Crippen LogP) is 2.60. The lowest BCUT2D eigenvalue weighted by molar-refractivity contribution is -0.246. The Balaban J connectivity index is 2.41. The molecule has 0 aliphatic rings. The van der Waals surface area contributed by atoms with Crippen molar-refractivity contribution >= 4 is 23.9 Å². The molecule has 0 heterocycles. The number of methoxy groups -OCH3 is 4. The Bertz CT molecular complexity index is 901. The van der Waals surface area contributed by atoms with Crippen molar-refractivity contribution < 1.29 is 28.8 Å². The molecule has 0 saturated heterocycles. The number of hydrogen-bond acceptors (Lipinski definition) is 7. The van der Waals surface area contributed by atoms with Crippen LogP contribution in [0.25, 0.3) is 12.2 Å². The summed E-state index contributed by atoms with van der Waals surface area (Å²) in [7, 11) is 9.92. The molecular formula is C23H29N2O6-. The highest BCUT2D eigenvalue weighted by atomic mass is 16.5. The first-order chi connectivity index (χ1) is 14.8. The Morgan fingerprint density at radius 1 is 0.839 bits per heavy atom. The van der Waals surface area contributed by atoms with E-state index in [1.165, 1.54) is 12.0 Å². The van der Waals surface area contributed by atoms with E-state index in [0.717, 1.165) is 11.1 Å². The maximum Gasteiger partial charge on any atom is 0.203 e. The smallest absolute Gasteiger partial charge is 0.203 e. The van der Waals surface area contributed by atoms with E-state index in [0.29, 0.717) is 35.2 Å². The van der Waals surface area contributed by atoms with E-state index in [9.17, 15) is 9.90 Å². The maximum absolute atomic E-state index is 11.8. The van der Waals surface area contributed by atoms with Gasteiger partial charge in [0.05, 0.1) is 34.1 Å². The molecule has 0 N–H and O–H groups in total. The van der Waals surface area contributed by atoms with Gasteiger partial charge in [-0.2, -0.15) is 0 Å². The lowest BCUT2D eigenvalue weighted by Gasteiger charge is -2.28. The van der Waals surface area contributed by atoms with Crippen molar-refractivity contribution in [1.82, 2.24) is 4.90 Å². The van der Waals surface area contributed by atoms with E-state index in [4.69, 9.17) is 18.9 Å². The predicted molar refractivity (Wildman–Crippen MR) is 119 cm³/mol. The zero-order valence-corrected chi connectivity index (χ0v) is 18.8. The molecule has 0 aliphatic carbocycles. The van der Waals surface area contributed by atoms with Gasteiger partial charge in [-0.25, -0.2) is 0 Å². The molecule has 0 saturated carbocycles. The third kappa shape index (κ3) is 6.05. The highest BCUT2D eigenvalue weighted by Gasteiger charge is 2.15. The number of carbonyl (C=O) groups is 1. The van der Waals surface area contributed by atoms with Crippen molar-refractivity contribution in [2.75, 3.05) is 60.5 Å². The molecule has 0 aromatic heterocycles. The molecule has 0 aliphatic heterocycles. The van der Waals surface area contributed by atoms with Gasteiger partial charge in [-0.1, -0.05) is 18.2 Å². The van der Waals surface area contributed by atoms with E-state index >= 15 is 0 Å². The van der Waals surface area contributed by atoms with Crippen LogP contribution in [0.3, 0.4) is 0 Å². The second-order valence-corrected chi connectivity index (χ2v) is 6.94. The largest absolute Gasteiger partial charge is 0.530 e. The number of hydrogen-bond donors (Lipinski definition) is 0. The lowest BCUT2D eigenvalue weighted by Crippen LogP contribution is -2.44. The zero-order valence-electron chi connectivity index (χ0n) is 18.8. The van der Waals surface area contributed by atoms with Gasteiger partial charge in [0, 0.05) is 13.1 Å². The Morgan fingerprint density at radius 3 is 1.90 bits per heavy atom. The SMILES string of the molecule is COc1ccc(C=Cc2cc(OC)c(OC)c(OC)c2)cc1N(CCN(C)C)C(=O)[O-]. The van der Waals surface area contributed by atoms with Gasteiger partial charge in [-0.15, -0.1) is 0 Å². The highest BCUT2D eigenvalue weighted by molar-refractivity contribution is 5.88. The van der Waals surface area contributed by atoms with Crippen molar-refractivity contribution in [3.8, 4) is 23.0 Å². The molecule has 8 heteroatoms. The second kappa shape index (κ2) is 11.1. The summed E-state index contributed by atoms with van der Waals surface area (Å²) in [5.41, 5.74) is 2.05. The number of rotatable bonds is 10. The first-order valence-electron chi connectivity index (χ1n) is 9.64. The summed E-state index contributed by atoms with van der Waals surface area (Å²) in [5, 5.41) is 11.8. The number of likely N-dealkylation sites (N-methyl/N-ethyl adjacent to an activating group) is 1. The molecule has 0 atom stereocenters. The van der Waals surface area contributed by atoms with Crippen LogP contribution in [0.5, 0.6) is 23.0 Å². The van der Waals surface area contributed by atoms with Crippen LogP contribution < -0.4 is 29.0 Å². The normalized spacial score (nSPS) is 10.9. The number of anilines is 1. The Morgan fingerprint density at radius 2 is 1.42 bits per heavy atom. The van der Waals surface area contributed by atoms with Gasteiger partial charge in [0.15, 0.2) is 11.5 Å². The van der Waals surface area contributed by atoms with Gasteiger partial charge >= 0.3 is 0 Å². The minimum Gasteiger partial charge on any atom is -0.530 e. The number of benzene rings is 2. The van der Waals surface area contributed by atoms with Gasteiger partial charge in [0.2, 0.25) is 5.75 Å². The molecule has 8 nitrogen and oxygen atoms in total. The van der Waals surface area contributed by atoms with Crippen LogP contribution in [0.15, 0.2) is 30.3 Å². The number of amides is 1. The Kier molecular flexibility index (Phi) is 8.57. The average Bonchev–Trinajstić information content (AvgIpc) is 2.76. The topological polar surface area (TPSA) is 83.5 Å². The summed E-state index contributed by atoms with van der Waals surface area (Å²) in [6.07, 6.45) is 2.45. The van der Waals surface area contributed by atoms with E-state index in [-0.39, 0.29) is 6.54 Å². The third-order valence-electron chi connectivity index (χ3n) is 4.64. The molecule has 31 heavy (non-hydrogen) atoms. The molecule has 0 unspecified atom stereocenters. The average molecular weight is 429 g/mol. The minimum atomic E-state index is -1.29. The van der Waals surface area contributed by atoms with Gasteiger partial charge in [-0.05, 0) is 49.5 Å². The van der Waals surface area contributed by atoms with Crippen molar-refractivity contribution in [3.63, 3.8) is 0 Å². The molecule has 0 radical (unpaired) electrons. The van der Waals surface area contributed by atoms with Crippen LogP contribution in [0.2, 0.25) is 0 Å². The van der Waals surface area contributed by atoms with Gasteiger partial charge in [0.1, 0.15) is 11.8 Å². The molecule has 2 aromatic rings. The lowest BCUT2D eigenvalue weighted by atomic mass is 10.1. The summed E-state index contributed by atoms with van der Waals surface area (Å²) >= 11 is 0. The maximum atomic E-state index is 11.8. The summed E-state index contributed by atoms with van der Waals surface area (Å²) in [5.74, 6) is 2.06. The molecule has 0 bridgehead atoms. The summed E-state index contributed by atoms with van der Waals surface area (Å²) < 4.78 is 21.5. The van der Waals surface area contributed by atoms with Crippen LogP contribution in [0.1, 0.15) is 11.1 Å². The van der Waals surface area contributed by atoms with Crippen molar-refractivity contribution in [2.45, 2.75) is 0 Å². The fourth-order valence-electron chi connectivity index (χ4n) is 3.02. The summed E-state index contributed by atoms with van der Waals surface area (Å²) in [4.78, 5) is 14.8. The Hall–Kier alpha value is -3.39. The standard InChI is InChI=1S/C23H30N2O6/c1-24(2)11-12-25(23(26)27)18-13-16(9-10-19(18)28-3)7-8-17-14-20(29-4)22(31-6)21(15-17)30-5/h7-10,13-15H,11-12H2,1-6H3,(H,26,27)/p-1. The molecule has 1 amide bonds. The van der Waals surface area contributed by atoms with E-state index in [1.54, 1.807) is 33.5 Å². The first-order valence-corrected chi connectivity index (χ1v) is 9.64. The van der Waals surface area contributed by atoms with Crippen molar-refractivity contribution in [1.29, 1.82) is 0 Å². The van der Waals surface area contributed by atoms with Crippen LogP contribution in [0, 0.1) is 0 Å². The zero-order chi connectivity index (χ0) is 23.0.